The Bertz CT molecular complexity index is 704. The summed E-state index contributed by atoms with van der Waals surface area (Å²) in [5.41, 5.74) is 5.12. The summed E-state index contributed by atoms with van der Waals surface area (Å²) in [7, 11) is 0. The van der Waals surface area contributed by atoms with Gasteiger partial charge in [0.2, 0.25) is 5.67 Å². The van der Waals surface area contributed by atoms with E-state index in [0.717, 1.165) is 31.2 Å². The summed E-state index contributed by atoms with van der Waals surface area (Å²) in [6, 6.07) is 4.75. The van der Waals surface area contributed by atoms with Crippen molar-refractivity contribution in [1.29, 1.82) is 0 Å². The highest BCUT2D eigenvalue weighted by Gasteiger charge is 2.78. The molecule has 28 heavy (non-hydrogen) atoms. The Morgan fingerprint density at radius 2 is 2.00 bits per heavy atom. The second-order valence-electron chi connectivity index (χ2n) is 7.86. The molecule has 0 amide bonds. The quantitative estimate of drug-likeness (QED) is 0.414. The largest absolute Gasteiger partial charge is 0.463 e. The van der Waals surface area contributed by atoms with Crippen LogP contribution in [0.3, 0.4) is 0 Å². The molecule has 2 fully saturated rings. The zero-order chi connectivity index (χ0) is 20.3. The smallest absolute Gasteiger partial charge is 0.344 e. The van der Waals surface area contributed by atoms with E-state index >= 15 is 4.39 Å². The molecule has 4 nitrogen and oxygen atoms in total. The Morgan fingerprint density at radius 1 is 1.25 bits per heavy atom. The van der Waals surface area contributed by atoms with E-state index in [4.69, 9.17) is 38.4 Å². The fraction of sp³-hybridized carbons (Fsp3) is 0.667. The summed E-state index contributed by atoms with van der Waals surface area (Å²) in [6.45, 7) is 2.74. The van der Waals surface area contributed by atoms with E-state index in [-0.39, 0.29) is 12.7 Å². The second kappa shape index (κ2) is 9.29. The third kappa shape index (κ3) is 4.48. The van der Waals surface area contributed by atoms with Gasteiger partial charge in [-0.25, -0.2) is 9.18 Å². The number of hydrogen-bond acceptors (Lipinski definition) is 4. The van der Waals surface area contributed by atoms with E-state index in [1.54, 1.807) is 12.1 Å². The highest BCUT2D eigenvalue weighted by Crippen LogP contribution is 2.63. The van der Waals surface area contributed by atoms with Crippen molar-refractivity contribution in [2.75, 3.05) is 6.61 Å². The summed E-state index contributed by atoms with van der Waals surface area (Å²) in [6.07, 6.45) is 5.36. The van der Waals surface area contributed by atoms with Crippen molar-refractivity contribution < 1.29 is 18.7 Å². The lowest BCUT2D eigenvalue weighted by molar-refractivity contribution is -0.154. The Morgan fingerprint density at radius 3 is 2.64 bits per heavy atom. The van der Waals surface area contributed by atoms with Gasteiger partial charge in [-0.1, -0.05) is 61.9 Å². The van der Waals surface area contributed by atoms with Crippen molar-refractivity contribution in [2.24, 2.45) is 17.6 Å². The van der Waals surface area contributed by atoms with Crippen LogP contribution >= 0.6 is 23.2 Å². The van der Waals surface area contributed by atoms with Gasteiger partial charge in [-0.05, 0) is 30.5 Å². The van der Waals surface area contributed by atoms with Gasteiger partial charge in [0.05, 0.1) is 29.4 Å². The van der Waals surface area contributed by atoms with Crippen LogP contribution in [0.15, 0.2) is 18.2 Å². The van der Waals surface area contributed by atoms with Crippen LogP contribution in [-0.4, -0.2) is 30.4 Å². The first-order valence-electron chi connectivity index (χ1n) is 10.1. The summed E-state index contributed by atoms with van der Waals surface area (Å²) in [5, 5.41) is 0.942. The molecule has 0 saturated heterocycles. The van der Waals surface area contributed by atoms with E-state index < -0.39 is 29.5 Å². The van der Waals surface area contributed by atoms with Crippen LogP contribution in [0.25, 0.3) is 0 Å². The molecule has 0 heterocycles. The summed E-state index contributed by atoms with van der Waals surface area (Å²) < 4.78 is 26.1. The molecule has 0 aromatic heterocycles. The van der Waals surface area contributed by atoms with Crippen LogP contribution in [0.2, 0.25) is 10.0 Å². The van der Waals surface area contributed by atoms with Gasteiger partial charge >= 0.3 is 5.97 Å². The van der Waals surface area contributed by atoms with Gasteiger partial charge in [-0.15, -0.1) is 0 Å². The number of esters is 1. The van der Waals surface area contributed by atoms with Gasteiger partial charge in [0.25, 0.3) is 0 Å². The predicted octanol–water partition coefficient (Wildman–Crippen LogP) is 5.08. The molecule has 7 heteroatoms. The number of carbonyl (C=O) groups excluding carboxylic acids is 1. The third-order valence-electron chi connectivity index (χ3n) is 5.92. The number of hydrogen-bond donors (Lipinski definition) is 1. The molecule has 2 saturated carbocycles. The molecule has 156 valence electrons. The van der Waals surface area contributed by atoms with Gasteiger partial charge in [0.15, 0.2) is 0 Å². The number of unbranched alkanes of at least 4 members (excludes halogenated alkanes) is 4. The van der Waals surface area contributed by atoms with Gasteiger partial charge in [-0.3, -0.25) is 0 Å². The number of nitrogens with two attached hydrogens (primary N) is 1. The first-order valence-corrected chi connectivity index (χ1v) is 10.8. The van der Waals surface area contributed by atoms with Gasteiger partial charge < -0.3 is 15.2 Å². The van der Waals surface area contributed by atoms with E-state index in [0.29, 0.717) is 23.1 Å². The Hall–Kier alpha value is -0.880. The molecular weight excluding hydrogens is 404 g/mol. The fourth-order valence-corrected chi connectivity index (χ4v) is 4.56. The van der Waals surface area contributed by atoms with Crippen molar-refractivity contribution in [2.45, 2.75) is 69.9 Å². The lowest BCUT2D eigenvalue weighted by Crippen LogP contribution is -2.42. The summed E-state index contributed by atoms with van der Waals surface area (Å²) >= 11 is 11.9. The number of carbonyl (C=O) groups is 1. The van der Waals surface area contributed by atoms with Gasteiger partial charge in [0, 0.05) is 17.9 Å². The lowest BCUT2D eigenvalue weighted by Gasteiger charge is -2.23. The lowest BCUT2D eigenvalue weighted by atomic mass is 10.0. The maximum atomic E-state index is 15.1. The Balaban J connectivity index is 1.43. The van der Waals surface area contributed by atoms with Crippen molar-refractivity contribution in [1.82, 2.24) is 0 Å². The first-order chi connectivity index (χ1) is 13.4. The van der Waals surface area contributed by atoms with E-state index in [9.17, 15) is 4.79 Å². The highest BCUT2D eigenvalue weighted by atomic mass is 35.5. The molecule has 1 aromatic carbocycles. The number of fused-ring (bicyclic) bond motifs is 1. The molecule has 0 radical (unpaired) electrons. The van der Waals surface area contributed by atoms with Crippen molar-refractivity contribution >= 4 is 29.2 Å². The molecule has 0 aliphatic heterocycles. The van der Waals surface area contributed by atoms with Crippen molar-refractivity contribution in [3.05, 3.63) is 33.8 Å². The number of ether oxygens (including phenoxy) is 2. The normalized spacial score (nSPS) is 30.9. The molecule has 0 unspecified atom stereocenters. The topological polar surface area (TPSA) is 61.5 Å². The highest BCUT2D eigenvalue weighted by molar-refractivity contribution is 6.42. The molecule has 2 aliphatic rings. The molecule has 0 spiro atoms. The average molecular weight is 432 g/mol. The third-order valence-corrected chi connectivity index (χ3v) is 6.66. The minimum absolute atomic E-state index is 0.278. The van der Waals surface area contributed by atoms with Crippen LogP contribution in [0.5, 0.6) is 0 Å². The number of rotatable bonds is 10. The average Bonchev–Trinajstić information content (AvgIpc) is 3.12. The number of benzene rings is 1. The Labute approximate surface area is 175 Å². The van der Waals surface area contributed by atoms with Crippen LogP contribution in [0.1, 0.15) is 51.0 Å². The molecule has 2 aliphatic carbocycles. The molecule has 1 aromatic rings. The molecule has 0 bridgehead atoms. The molecule has 5 atom stereocenters. The SMILES string of the molecule is CCCCCCCOC(=O)[C@]1(F)[C@H]2[C@@H](N)[C@H](OCc3ccc(Cl)c(Cl)c3)C[C@H]21. The maximum absolute atomic E-state index is 15.1. The zero-order valence-electron chi connectivity index (χ0n) is 16.1. The van der Waals surface area contributed by atoms with E-state index in [1.165, 1.54) is 6.42 Å². The van der Waals surface area contributed by atoms with Gasteiger partial charge in [-0.2, -0.15) is 0 Å². The summed E-state index contributed by atoms with van der Waals surface area (Å²) in [5.74, 6) is -1.68. The first kappa shape index (κ1) is 21.8. The van der Waals surface area contributed by atoms with Crippen LogP contribution in [0.4, 0.5) is 4.39 Å². The maximum Gasteiger partial charge on any atom is 0.344 e. The monoisotopic (exact) mass is 431 g/mol. The standard InChI is InChI=1S/C21H28Cl2FNO3/c1-2-3-4-5-6-9-27-20(26)21(24)14-11-17(19(25)18(14)21)28-12-13-7-8-15(22)16(23)10-13/h7-8,10,14,17-19H,2-6,9,11-12,25H2,1H3/t14-,17-,18-,19+,21-/m1/s1. The zero-order valence-corrected chi connectivity index (χ0v) is 17.6. The van der Waals surface area contributed by atoms with Crippen LogP contribution < -0.4 is 5.73 Å². The predicted molar refractivity (Wildman–Crippen MR) is 108 cm³/mol. The van der Waals surface area contributed by atoms with Gasteiger partial charge in [0.1, 0.15) is 0 Å². The summed E-state index contributed by atoms with van der Waals surface area (Å²) in [4.78, 5) is 12.2. The number of halogens is 3. The fourth-order valence-electron chi connectivity index (χ4n) is 4.24. The van der Waals surface area contributed by atoms with Crippen molar-refractivity contribution in [3.63, 3.8) is 0 Å². The van der Waals surface area contributed by atoms with E-state index in [1.807, 2.05) is 6.07 Å². The van der Waals surface area contributed by atoms with Crippen LogP contribution in [-0.2, 0) is 20.9 Å². The molecule has 2 N–H and O–H groups in total. The number of alkyl halides is 1. The van der Waals surface area contributed by atoms with Crippen LogP contribution in [0, 0.1) is 11.8 Å². The molecular formula is C21H28Cl2FNO3. The molecule has 3 rings (SSSR count). The second-order valence-corrected chi connectivity index (χ2v) is 8.68. The Kier molecular flexibility index (Phi) is 7.24. The van der Waals surface area contributed by atoms with E-state index in [2.05, 4.69) is 6.92 Å². The minimum Gasteiger partial charge on any atom is -0.463 e. The van der Waals surface area contributed by atoms with Crippen molar-refractivity contribution in [3.8, 4) is 0 Å². The minimum atomic E-state index is -1.94.